The molecular formula is C16H25NO2S. The number of rotatable bonds is 3. The molecule has 1 aliphatic rings. The van der Waals surface area contributed by atoms with E-state index < -0.39 is 9.84 Å². The Balaban J connectivity index is 2.27. The van der Waals surface area contributed by atoms with Gasteiger partial charge in [-0.3, -0.25) is 0 Å². The molecule has 1 saturated carbocycles. The minimum absolute atomic E-state index is 0.0356. The highest BCUT2D eigenvalue weighted by atomic mass is 32.2. The first kappa shape index (κ1) is 15.4. The number of sulfone groups is 1. The van der Waals surface area contributed by atoms with Crippen LogP contribution in [0.1, 0.15) is 45.6 Å². The molecule has 1 N–H and O–H groups in total. The second-order valence-electron chi connectivity index (χ2n) is 6.85. The second-order valence-corrected chi connectivity index (χ2v) is 9.11. The summed E-state index contributed by atoms with van der Waals surface area (Å²) in [5.74, 6) is 0. The Morgan fingerprint density at radius 1 is 1.15 bits per heavy atom. The van der Waals surface area contributed by atoms with Crippen molar-refractivity contribution in [1.82, 2.24) is 0 Å². The van der Waals surface area contributed by atoms with Gasteiger partial charge in [-0.05, 0) is 36.3 Å². The van der Waals surface area contributed by atoms with Gasteiger partial charge in [-0.15, -0.1) is 0 Å². The van der Waals surface area contributed by atoms with Crippen LogP contribution in [-0.4, -0.2) is 26.0 Å². The van der Waals surface area contributed by atoms with Crippen LogP contribution in [-0.2, 0) is 15.3 Å². The topological polar surface area (TPSA) is 46.2 Å². The predicted molar refractivity (Wildman–Crippen MR) is 85.0 cm³/mol. The number of anilines is 1. The maximum Gasteiger partial charge on any atom is 0.152 e. The molecule has 0 amide bonds. The van der Waals surface area contributed by atoms with Gasteiger partial charge >= 0.3 is 0 Å². The van der Waals surface area contributed by atoms with E-state index in [2.05, 4.69) is 38.2 Å². The Hall–Kier alpha value is -1.03. The van der Waals surface area contributed by atoms with Crippen LogP contribution >= 0.6 is 0 Å². The Kier molecular flexibility index (Phi) is 4.14. The van der Waals surface area contributed by atoms with Gasteiger partial charge in [-0.1, -0.05) is 39.0 Å². The summed E-state index contributed by atoms with van der Waals surface area (Å²) in [6.07, 6.45) is 4.03. The molecule has 0 heterocycles. The fraction of sp³-hybridized carbons (Fsp3) is 0.625. The highest BCUT2D eigenvalue weighted by Gasteiger charge is 2.35. The third-order valence-electron chi connectivity index (χ3n) is 4.08. The predicted octanol–water partition coefficient (Wildman–Crippen LogP) is 3.36. The van der Waals surface area contributed by atoms with Crippen LogP contribution in [0, 0.1) is 0 Å². The van der Waals surface area contributed by atoms with Gasteiger partial charge < -0.3 is 5.32 Å². The average Bonchev–Trinajstić information content (AvgIpc) is 2.76. The molecule has 0 aliphatic heterocycles. The second kappa shape index (κ2) is 5.40. The van der Waals surface area contributed by atoms with Crippen LogP contribution in [0.15, 0.2) is 24.3 Å². The molecule has 0 radical (unpaired) electrons. The maximum absolute atomic E-state index is 11.9. The van der Waals surface area contributed by atoms with Crippen molar-refractivity contribution in [1.29, 1.82) is 0 Å². The summed E-state index contributed by atoms with van der Waals surface area (Å²) in [7, 11) is -2.98. The number of para-hydroxylation sites is 1. The van der Waals surface area contributed by atoms with E-state index in [9.17, 15) is 8.42 Å². The van der Waals surface area contributed by atoms with Gasteiger partial charge in [0, 0.05) is 18.0 Å². The molecule has 0 aromatic heterocycles. The van der Waals surface area contributed by atoms with Crippen molar-refractivity contribution in [2.45, 2.75) is 56.7 Å². The van der Waals surface area contributed by atoms with E-state index in [1.54, 1.807) is 0 Å². The molecule has 0 spiro atoms. The van der Waals surface area contributed by atoms with Gasteiger partial charge in [-0.2, -0.15) is 0 Å². The van der Waals surface area contributed by atoms with Crippen molar-refractivity contribution in [2.24, 2.45) is 0 Å². The number of nitrogens with one attached hydrogen (secondary N) is 1. The molecule has 0 bridgehead atoms. The molecule has 20 heavy (non-hydrogen) atoms. The van der Waals surface area contributed by atoms with Gasteiger partial charge in [0.05, 0.1) is 5.25 Å². The molecule has 1 aromatic rings. The first-order chi connectivity index (χ1) is 9.19. The fourth-order valence-corrected chi connectivity index (χ4v) is 4.46. The summed E-state index contributed by atoms with van der Waals surface area (Å²) in [6, 6.07) is 8.25. The Bertz CT molecular complexity index is 572. The lowest BCUT2D eigenvalue weighted by Crippen LogP contribution is -2.35. The first-order valence-electron chi connectivity index (χ1n) is 7.24. The van der Waals surface area contributed by atoms with E-state index in [0.717, 1.165) is 24.9 Å². The monoisotopic (exact) mass is 295 g/mol. The molecule has 2 unspecified atom stereocenters. The van der Waals surface area contributed by atoms with Gasteiger partial charge in [0.2, 0.25) is 0 Å². The van der Waals surface area contributed by atoms with Crippen molar-refractivity contribution in [3.63, 3.8) is 0 Å². The first-order valence-corrected chi connectivity index (χ1v) is 9.20. The van der Waals surface area contributed by atoms with Crippen molar-refractivity contribution < 1.29 is 8.42 Å². The standard InChI is InChI=1S/C16H25NO2S/c1-16(2,3)12-8-5-6-9-13(12)17-14-10-7-11-15(14)20(4,18)19/h5-6,8-9,14-15,17H,7,10-11H2,1-4H3. The van der Waals surface area contributed by atoms with E-state index in [0.29, 0.717) is 0 Å². The molecule has 0 saturated heterocycles. The average molecular weight is 295 g/mol. The summed E-state index contributed by atoms with van der Waals surface area (Å²) in [5, 5.41) is 3.24. The zero-order chi connectivity index (χ0) is 15.0. The zero-order valence-corrected chi connectivity index (χ0v) is 13.6. The summed E-state index contributed by atoms with van der Waals surface area (Å²) in [5.41, 5.74) is 2.35. The van der Waals surface area contributed by atoms with E-state index in [1.165, 1.54) is 11.8 Å². The SMILES string of the molecule is CC(C)(C)c1ccccc1NC1CCCC1S(C)(=O)=O. The zero-order valence-electron chi connectivity index (χ0n) is 12.8. The fourth-order valence-electron chi connectivity index (χ4n) is 3.07. The van der Waals surface area contributed by atoms with Gasteiger partial charge in [0.1, 0.15) is 0 Å². The molecule has 2 rings (SSSR count). The highest BCUT2D eigenvalue weighted by Crippen LogP contribution is 2.33. The molecule has 112 valence electrons. The summed E-state index contributed by atoms with van der Waals surface area (Å²) in [4.78, 5) is 0. The van der Waals surface area contributed by atoms with Crippen molar-refractivity contribution in [3.8, 4) is 0 Å². The lowest BCUT2D eigenvalue weighted by molar-refractivity contribution is 0.577. The summed E-state index contributed by atoms with van der Waals surface area (Å²) >= 11 is 0. The van der Waals surface area contributed by atoms with E-state index >= 15 is 0 Å². The molecule has 3 nitrogen and oxygen atoms in total. The summed E-state index contributed by atoms with van der Waals surface area (Å²) < 4.78 is 23.8. The minimum atomic E-state index is -2.98. The lowest BCUT2D eigenvalue weighted by atomic mass is 9.85. The van der Waals surface area contributed by atoms with Crippen molar-refractivity contribution >= 4 is 15.5 Å². The van der Waals surface area contributed by atoms with Crippen LogP contribution in [0.2, 0.25) is 0 Å². The Morgan fingerprint density at radius 3 is 2.40 bits per heavy atom. The molecule has 1 fully saturated rings. The Labute approximate surface area is 122 Å². The minimum Gasteiger partial charge on any atom is -0.381 e. The largest absolute Gasteiger partial charge is 0.381 e. The smallest absolute Gasteiger partial charge is 0.152 e. The third kappa shape index (κ3) is 3.35. The van der Waals surface area contributed by atoms with Crippen LogP contribution in [0.25, 0.3) is 0 Å². The molecular weight excluding hydrogens is 270 g/mol. The normalized spacial score (nSPS) is 23.8. The van der Waals surface area contributed by atoms with E-state index in [1.807, 2.05) is 12.1 Å². The maximum atomic E-state index is 11.9. The molecule has 1 aromatic carbocycles. The number of benzene rings is 1. The van der Waals surface area contributed by atoms with Crippen LogP contribution in [0.5, 0.6) is 0 Å². The molecule has 4 heteroatoms. The molecule has 1 aliphatic carbocycles. The highest BCUT2D eigenvalue weighted by molar-refractivity contribution is 7.91. The lowest BCUT2D eigenvalue weighted by Gasteiger charge is -2.27. The van der Waals surface area contributed by atoms with Crippen LogP contribution in [0.3, 0.4) is 0 Å². The molecule has 2 atom stereocenters. The quantitative estimate of drug-likeness (QED) is 0.930. The van der Waals surface area contributed by atoms with Crippen LogP contribution < -0.4 is 5.32 Å². The van der Waals surface area contributed by atoms with Gasteiger partial charge in [0.15, 0.2) is 9.84 Å². The van der Waals surface area contributed by atoms with Gasteiger partial charge in [0.25, 0.3) is 0 Å². The van der Waals surface area contributed by atoms with Crippen molar-refractivity contribution in [3.05, 3.63) is 29.8 Å². The summed E-state index contributed by atoms with van der Waals surface area (Å²) in [6.45, 7) is 6.53. The number of hydrogen-bond donors (Lipinski definition) is 1. The van der Waals surface area contributed by atoms with Crippen LogP contribution in [0.4, 0.5) is 5.69 Å². The Morgan fingerprint density at radius 2 is 1.80 bits per heavy atom. The van der Waals surface area contributed by atoms with Crippen molar-refractivity contribution in [2.75, 3.05) is 11.6 Å². The van der Waals surface area contributed by atoms with Gasteiger partial charge in [-0.25, -0.2) is 8.42 Å². The van der Waals surface area contributed by atoms with E-state index in [4.69, 9.17) is 0 Å². The number of hydrogen-bond acceptors (Lipinski definition) is 3. The van der Waals surface area contributed by atoms with E-state index in [-0.39, 0.29) is 16.7 Å². The third-order valence-corrected chi connectivity index (χ3v) is 5.74.